The number of rotatable bonds is 4. The maximum Gasteiger partial charge on any atom is 0.253 e. The molecule has 1 saturated heterocycles. The summed E-state index contributed by atoms with van der Waals surface area (Å²) in [5, 5.41) is 1.20. The Kier molecular flexibility index (Phi) is 4.77. The number of ether oxygens (including phenoxy) is 1. The number of hydrogen-bond acceptors (Lipinski definition) is 6. The molecular weight excluding hydrogens is 312 g/mol. The lowest BCUT2D eigenvalue weighted by Gasteiger charge is -2.32. The molecule has 1 fully saturated rings. The van der Waals surface area contributed by atoms with Gasteiger partial charge in [-0.2, -0.15) is 0 Å². The highest BCUT2D eigenvalue weighted by Gasteiger charge is 2.25. The van der Waals surface area contributed by atoms with E-state index >= 15 is 0 Å². The van der Waals surface area contributed by atoms with Gasteiger partial charge in [0.15, 0.2) is 0 Å². The van der Waals surface area contributed by atoms with Crippen LogP contribution in [0.2, 0.25) is 0 Å². The average Bonchev–Trinajstić information content (AvgIpc) is 2.87. The summed E-state index contributed by atoms with van der Waals surface area (Å²) >= 11 is 1.79. The standard InChI is InChI=1S/C16H22N4O2S/c1-10-11(2)23-16(17-10)12-5-4-6-20(8-12)14-7-15(21)19-13(18-14)9-22-3/h7,12H,4-6,8-9H2,1-3H3,(H,18,19,21). The number of nitrogens with one attached hydrogen (secondary N) is 1. The highest BCUT2D eigenvalue weighted by molar-refractivity contribution is 7.11. The lowest BCUT2D eigenvalue weighted by molar-refractivity contribution is 0.177. The number of aryl methyl sites for hydroxylation is 2. The molecule has 0 bridgehead atoms. The van der Waals surface area contributed by atoms with Crippen LogP contribution in [0, 0.1) is 13.8 Å². The van der Waals surface area contributed by atoms with E-state index in [-0.39, 0.29) is 5.56 Å². The SMILES string of the molecule is COCc1nc(N2CCCC(c3nc(C)c(C)s3)C2)cc(=O)[nH]1. The van der Waals surface area contributed by atoms with Gasteiger partial charge in [0.2, 0.25) is 0 Å². The van der Waals surface area contributed by atoms with Crippen molar-refractivity contribution in [2.24, 2.45) is 0 Å². The number of nitrogens with zero attached hydrogens (tertiary/aromatic N) is 3. The second kappa shape index (κ2) is 6.80. The molecule has 2 aromatic rings. The Morgan fingerprint density at radius 2 is 2.26 bits per heavy atom. The van der Waals surface area contributed by atoms with Crippen LogP contribution in [-0.4, -0.2) is 35.2 Å². The van der Waals surface area contributed by atoms with Gasteiger partial charge in [-0.15, -0.1) is 11.3 Å². The van der Waals surface area contributed by atoms with Crippen molar-refractivity contribution in [2.45, 2.75) is 39.2 Å². The number of H-pyrrole nitrogens is 1. The first-order valence-electron chi connectivity index (χ1n) is 7.85. The average molecular weight is 334 g/mol. The first-order valence-corrected chi connectivity index (χ1v) is 8.66. The van der Waals surface area contributed by atoms with Gasteiger partial charge >= 0.3 is 0 Å². The Labute approximate surface area is 139 Å². The van der Waals surface area contributed by atoms with Gasteiger partial charge in [-0.25, -0.2) is 9.97 Å². The Morgan fingerprint density at radius 3 is 2.96 bits per heavy atom. The van der Waals surface area contributed by atoms with Crippen LogP contribution in [0.3, 0.4) is 0 Å². The zero-order valence-electron chi connectivity index (χ0n) is 13.8. The molecule has 3 rings (SSSR count). The van der Waals surface area contributed by atoms with E-state index in [4.69, 9.17) is 9.72 Å². The smallest absolute Gasteiger partial charge is 0.253 e. The molecular formula is C16H22N4O2S. The van der Waals surface area contributed by atoms with E-state index in [1.165, 1.54) is 9.88 Å². The van der Waals surface area contributed by atoms with Gasteiger partial charge in [0.1, 0.15) is 18.2 Å². The first-order chi connectivity index (χ1) is 11.1. The van der Waals surface area contributed by atoms with E-state index in [0.717, 1.165) is 37.4 Å². The van der Waals surface area contributed by atoms with Crippen LogP contribution in [0.25, 0.3) is 0 Å². The van der Waals surface area contributed by atoms with Gasteiger partial charge < -0.3 is 14.6 Å². The summed E-state index contributed by atoms with van der Waals surface area (Å²) in [7, 11) is 1.59. The summed E-state index contributed by atoms with van der Waals surface area (Å²) in [5.74, 6) is 1.71. The fourth-order valence-electron chi connectivity index (χ4n) is 2.92. The van der Waals surface area contributed by atoms with Gasteiger partial charge in [-0.1, -0.05) is 0 Å². The number of anilines is 1. The number of hydrogen-bond donors (Lipinski definition) is 1. The molecule has 124 valence electrons. The van der Waals surface area contributed by atoms with Crippen molar-refractivity contribution in [1.82, 2.24) is 15.0 Å². The van der Waals surface area contributed by atoms with E-state index < -0.39 is 0 Å². The van der Waals surface area contributed by atoms with Gasteiger partial charge in [0.25, 0.3) is 5.56 Å². The minimum Gasteiger partial charge on any atom is -0.377 e. The monoisotopic (exact) mass is 334 g/mol. The molecule has 0 aromatic carbocycles. The molecule has 0 radical (unpaired) electrons. The largest absolute Gasteiger partial charge is 0.377 e. The molecule has 2 aromatic heterocycles. The number of methoxy groups -OCH3 is 1. The van der Waals surface area contributed by atoms with E-state index in [9.17, 15) is 4.79 Å². The van der Waals surface area contributed by atoms with Gasteiger partial charge in [-0.3, -0.25) is 4.79 Å². The van der Waals surface area contributed by atoms with Crippen molar-refractivity contribution in [1.29, 1.82) is 0 Å². The molecule has 3 heterocycles. The molecule has 7 heteroatoms. The van der Waals surface area contributed by atoms with E-state index in [1.807, 2.05) is 0 Å². The lowest BCUT2D eigenvalue weighted by atomic mass is 9.99. The van der Waals surface area contributed by atoms with Crippen molar-refractivity contribution in [3.05, 3.63) is 37.8 Å². The molecule has 0 spiro atoms. The summed E-state index contributed by atoms with van der Waals surface area (Å²) in [6, 6.07) is 1.57. The zero-order chi connectivity index (χ0) is 16.4. The molecule has 1 atom stereocenters. The molecule has 0 aliphatic carbocycles. The molecule has 6 nitrogen and oxygen atoms in total. The number of thiazole rings is 1. The Hall–Kier alpha value is -1.73. The third kappa shape index (κ3) is 3.61. The predicted molar refractivity (Wildman–Crippen MR) is 91.3 cm³/mol. The highest BCUT2D eigenvalue weighted by atomic mass is 32.1. The lowest BCUT2D eigenvalue weighted by Crippen LogP contribution is -2.36. The van der Waals surface area contributed by atoms with Crippen LogP contribution < -0.4 is 10.5 Å². The quantitative estimate of drug-likeness (QED) is 0.929. The van der Waals surface area contributed by atoms with Gasteiger partial charge in [-0.05, 0) is 26.7 Å². The third-order valence-electron chi connectivity index (χ3n) is 4.20. The third-order valence-corrected chi connectivity index (χ3v) is 5.43. The first kappa shape index (κ1) is 16.1. The molecule has 1 aliphatic heterocycles. The molecule has 0 saturated carbocycles. The fourth-order valence-corrected chi connectivity index (χ4v) is 3.97. The van der Waals surface area contributed by atoms with Crippen molar-refractivity contribution >= 4 is 17.2 Å². The van der Waals surface area contributed by atoms with Crippen LogP contribution in [0.1, 0.15) is 40.2 Å². The number of piperidine rings is 1. The predicted octanol–water partition coefficient (Wildman–Crippen LogP) is 2.37. The van der Waals surface area contributed by atoms with Crippen LogP contribution in [-0.2, 0) is 11.3 Å². The normalized spacial score (nSPS) is 18.4. The summed E-state index contributed by atoms with van der Waals surface area (Å²) in [5.41, 5.74) is 0.990. The molecule has 1 unspecified atom stereocenters. The topological polar surface area (TPSA) is 71.1 Å². The summed E-state index contributed by atoms with van der Waals surface area (Å²) < 4.78 is 5.07. The summed E-state index contributed by atoms with van der Waals surface area (Å²) in [4.78, 5) is 27.3. The molecule has 1 N–H and O–H groups in total. The van der Waals surface area contributed by atoms with E-state index in [0.29, 0.717) is 18.3 Å². The van der Waals surface area contributed by atoms with Crippen LogP contribution >= 0.6 is 11.3 Å². The Bertz CT molecular complexity index is 720. The maximum absolute atomic E-state index is 11.8. The zero-order valence-corrected chi connectivity index (χ0v) is 14.6. The molecule has 23 heavy (non-hydrogen) atoms. The Balaban J connectivity index is 1.82. The van der Waals surface area contributed by atoms with E-state index in [1.54, 1.807) is 24.5 Å². The Morgan fingerprint density at radius 1 is 1.43 bits per heavy atom. The minimum absolute atomic E-state index is 0.134. The summed E-state index contributed by atoms with van der Waals surface area (Å²) in [6.07, 6.45) is 2.22. The van der Waals surface area contributed by atoms with Gasteiger partial charge in [0, 0.05) is 37.1 Å². The van der Waals surface area contributed by atoms with Crippen molar-refractivity contribution in [3.8, 4) is 0 Å². The van der Waals surface area contributed by atoms with Crippen LogP contribution in [0.5, 0.6) is 0 Å². The van der Waals surface area contributed by atoms with E-state index in [2.05, 4.69) is 28.7 Å². The van der Waals surface area contributed by atoms with Crippen LogP contribution in [0.15, 0.2) is 10.9 Å². The fraction of sp³-hybridized carbons (Fsp3) is 0.562. The van der Waals surface area contributed by atoms with Crippen molar-refractivity contribution < 1.29 is 4.74 Å². The highest BCUT2D eigenvalue weighted by Crippen LogP contribution is 2.32. The van der Waals surface area contributed by atoms with Crippen LogP contribution in [0.4, 0.5) is 5.82 Å². The number of aromatic amines is 1. The number of aromatic nitrogens is 3. The molecule has 1 aliphatic rings. The van der Waals surface area contributed by atoms with Gasteiger partial charge in [0.05, 0.1) is 10.7 Å². The van der Waals surface area contributed by atoms with Crippen molar-refractivity contribution in [3.63, 3.8) is 0 Å². The summed E-state index contributed by atoms with van der Waals surface area (Å²) in [6.45, 7) is 6.26. The van der Waals surface area contributed by atoms with Crippen molar-refractivity contribution in [2.75, 3.05) is 25.1 Å². The maximum atomic E-state index is 11.8. The second-order valence-electron chi connectivity index (χ2n) is 5.96. The second-order valence-corrected chi connectivity index (χ2v) is 7.20. The molecule has 0 amide bonds. The minimum atomic E-state index is -0.134.